The highest BCUT2D eigenvalue weighted by molar-refractivity contribution is 9.10. The Balaban J connectivity index is 2.03. The van der Waals surface area contributed by atoms with E-state index in [2.05, 4.69) is 20.9 Å². The van der Waals surface area contributed by atoms with Crippen LogP contribution in [-0.4, -0.2) is 24.3 Å². The van der Waals surface area contributed by atoms with Crippen molar-refractivity contribution in [2.45, 2.75) is 30.7 Å². The Kier molecular flexibility index (Phi) is 3.94. The number of aryl methyl sites for hydroxylation is 1. The van der Waals surface area contributed by atoms with Crippen molar-refractivity contribution in [1.82, 2.24) is 9.29 Å². The van der Waals surface area contributed by atoms with Crippen molar-refractivity contribution >= 4 is 26.0 Å². The minimum Gasteiger partial charge on any atom is -0.364 e. The van der Waals surface area contributed by atoms with Gasteiger partial charge in [-0.05, 0) is 49.6 Å². The molecule has 0 radical (unpaired) electrons. The topological polar surface area (TPSA) is 53.2 Å². The second-order valence-corrected chi connectivity index (χ2v) is 8.08. The minimum atomic E-state index is -3.48. The fourth-order valence-electron chi connectivity index (χ4n) is 2.87. The number of aromatic nitrogens is 1. The molecule has 0 saturated carbocycles. The normalized spacial score (nSPS) is 20.0. The summed E-state index contributed by atoms with van der Waals surface area (Å²) in [6, 6.07) is 9.14. The Morgan fingerprint density at radius 1 is 1.33 bits per heavy atom. The van der Waals surface area contributed by atoms with E-state index in [1.165, 1.54) is 0 Å². The lowest BCUT2D eigenvalue weighted by Crippen LogP contribution is -2.31. The smallest absolute Gasteiger partial charge is 0.243 e. The summed E-state index contributed by atoms with van der Waals surface area (Å²) in [6.07, 6.45) is 3.57. The summed E-state index contributed by atoms with van der Waals surface area (Å²) in [5.41, 5.74) is 1.74. The van der Waals surface area contributed by atoms with E-state index < -0.39 is 10.0 Å². The van der Waals surface area contributed by atoms with Gasteiger partial charge in [-0.1, -0.05) is 22.0 Å². The van der Waals surface area contributed by atoms with E-state index in [9.17, 15) is 8.42 Å². The molecule has 1 aromatic carbocycles. The molecule has 1 fully saturated rings. The number of nitrogens with zero attached hydrogens (tertiary/aromatic N) is 1. The molecule has 2 aromatic rings. The van der Waals surface area contributed by atoms with Crippen LogP contribution < -0.4 is 0 Å². The summed E-state index contributed by atoms with van der Waals surface area (Å²) in [5.74, 6) is 0. The maximum atomic E-state index is 13.0. The highest BCUT2D eigenvalue weighted by Crippen LogP contribution is 2.37. The first-order valence-electron chi connectivity index (χ1n) is 6.91. The molecule has 1 aliphatic rings. The lowest BCUT2D eigenvalue weighted by Gasteiger charge is -2.24. The standard InChI is InChI=1S/C15H17BrN2O2S/c1-11-6-7-12(16)10-15(11)21(19,20)18-9-3-5-14(18)13-4-2-8-17-13/h2,4,6-8,10,14,17H,3,5,9H2,1H3. The molecule has 2 heterocycles. The van der Waals surface area contributed by atoms with Crippen molar-refractivity contribution in [3.05, 3.63) is 52.3 Å². The summed E-state index contributed by atoms with van der Waals surface area (Å²) < 4.78 is 28.4. The van der Waals surface area contributed by atoms with E-state index in [1.54, 1.807) is 10.4 Å². The number of halogens is 1. The van der Waals surface area contributed by atoms with Crippen LogP contribution in [0, 0.1) is 6.92 Å². The van der Waals surface area contributed by atoms with Gasteiger partial charge in [-0.25, -0.2) is 8.42 Å². The molecule has 1 saturated heterocycles. The molecule has 0 bridgehead atoms. The molecule has 6 heteroatoms. The Bertz CT molecular complexity index is 741. The molecule has 4 nitrogen and oxygen atoms in total. The fourth-order valence-corrected chi connectivity index (χ4v) is 5.31. The third-order valence-electron chi connectivity index (χ3n) is 3.92. The third kappa shape index (κ3) is 2.67. The van der Waals surface area contributed by atoms with Gasteiger partial charge in [-0.3, -0.25) is 0 Å². The van der Waals surface area contributed by atoms with Gasteiger partial charge >= 0.3 is 0 Å². The second kappa shape index (κ2) is 5.59. The first kappa shape index (κ1) is 14.8. The Morgan fingerprint density at radius 3 is 2.86 bits per heavy atom. The Labute approximate surface area is 133 Å². The SMILES string of the molecule is Cc1ccc(Br)cc1S(=O)(=O)N1CCCC1c1ccc[nH]1. The molecule has 0 spiro atoms. The van der Waals surface area contributed by atoms with Gasteiger partial charge in [0, 0.05) is 22.9 Å². The van der Waals surface area contributed by atoms with Gasteiger partial charge in [0.05, 0.1) is 10.9 Å². The lowest BCUT2D eigenvalue weighted by molar-refractivity contribution is 0.391. The number of benzene rings is 1. The molecule has 1 N–H and O–H groups in total. The van der Waals surface area contributed by atoms with Crippen LogP contribution in [0.3, 0.4) is 0 Å². The van der Waals surface area contributed by atoms with Gasteiger partial charge in [0.15, 0.2) is 0 Å². The van der Waals surface area contributed by atoms with Crippen LogP contribution in [-0.2, 0) is 10.0 Å². The van der Waals surface area contributed by atoms with Gasteiger partial charge in [0.2, 0.25) is 10.0 Å². The molecule has 1 unspecified atom stereocenters. The third-order valence-corrected chi connectivity index (χ3v) is 6.46. The van der Waals surface area contributed by atoms with Crippen molar-refractivity contribution in [3.8, 4) is 0 Å². The quantitative estimate of drug-likeness (QED) is 0.899. The first-order chi connectivity index (χ1) is 10.00. The summed E-state index contributed by atoms with van der Waals surface area (Å²) in [5, 5.41) is 0. The highest BCUT2D eigenvalue weighted by atomic mass is 79.9. The van der Waals surface area contributed by atoms with Gasteiger partial charge in [0.1, 0.15) is 0 Å². The number of hydrogen-bond donors (Lipinski definition) is 1. The van der Waals surface area contributed by atoms with Crippen LogP contribution in [0.5, 0.6) is 0 Å². The Hall–Kier alpha value is -1.11. The largest absolute Gasteiger partial charge is 0.364 e. The van der Waals surface area contributed by atoms with Crippen molar-refractivity contribution in [2.75, 3.05) is 6.54 Å². The average molecular weight is 369 g/mol. The molecular weight excluding hydrogens is 352 g/mol. The minimum absolute atomic E-state index is 0.0941. The fraction of sp³-hybridized carbons (Fsp3) is 0.333. The maximum absolute atomic E-state index is 13.0. The van der Waals surface area contributed by atoms with E-state index >= 15 is 0 Å². The summed E-state index contributed by atoms with van der Waals surface area (Å²) in [6.45, 7) is 2.40. The van der Waals surface area contributed by atoms with E-state index in [4.69, 9.17) is 0 Å². The monoisotopic (exact) mass is 368 g/mol. The molecule has 112 valence electrons. The molecule has 3 rings (SSSR count). The second-order valence-electron chi connectivity index (χ2n) is 5.31. The van der Waals surface area contributed by atoms with Crippen LogP contribution >= 0.6 is 15.9 Å². The molecule has 1 atom stereocenters. The van der Waals surface area contributed by atoms with E-state index in [0.29, 0.717) is 11.4 Å². The predicted octanol–water partition coefficient (Wildman–Crippen LogP) is 3.61. The van der Waals surface area contributed by atoms with Crippen LogP contribution in [0.25, 0.3) is 0 Å². The zero-order valence-electron chi connectivity index (χ0n) is 11.7. The van der Waals surface area contributed by atoms with E-state index in [0.717, 1.165) is 28.6 Å². The number of aromatic amines is 1. The molecule has 0 amide bonds. The molecule has 1 aromatic heterocycles. The van der Waals surface area contributed by atoms with E-state index in [1.807, 2.05) is 37.4 Å². The zero-order chi connectivity index (χ0) is 15.0. The summed E-state index contributed by atoms with van der Waals surface area (Å²) in [4.78, 5) is 3.53. The van der Waals surface area contributed by atoms with Gasteiger partial charge in [-0.2, -0.15) is 4.31 Å². The maximum Gasteiger partial charge on any atom is 0.243 e. The number of sulfonamides is 1. The first-order valence-corrected chi connectivity index (χ1v) is 9.15. The van der Waals surface area contributed by atoms with Crippen molar-refractivity contribution < 1.29 is 8.42 Å². The number of nitrogens with one attached hydrogen (secondary N) is 1. The molecular formula is C15H17BrN2O2S. The molecule has 1 aliphatic heterocycles. The van der Waals surface area contributed by atoms with Crippen molar-refractivity contribution in [3.63, 3.8) is 0 Å². The number of rotatable bonds is 3. The zero-order valence-corrected chi connectivity index (χ0v) is 14.1. The van der Waals surface area contributed by atoms with Crippen LogP contribution in [0.15, 0.2) is 45.9 Å². The van der Waals surface area contributed by atoms with Crippen LogP contribution in [0.4, 0.5) is 0 Å². The average Bonchev–Trinajstić information content (AvgIpc) is 3.10. The van der Waals surface area contributed by atoms with Crippen molar-refractivity contribution in [1.29, 1.82) is 0 Å². The molecule has 21 heavy (non-hydrogen) atoms. The van der Waals surface area contributed by atoms with Gasteiger partial charge in [-0.15, -0.1) is 0 Å². The van der Waals surface area contributed by atoms with Crippen molar-refractivity contribution in [2.24, 2.45) is 0 Å². The van der Waals surface area contributed by atoms with Gasteiger partial charge < -0.3 is 4.98 Å². The number of hydrogen-bond acceptors (Lipinski definition) is 2. The highest BCUT2D eigenvalue weighted by Gasteiger charge is 2.37. The molecule has 0 aliphatic carbocycles. The lowest BCUT2D eigenvalue weighted by atomic mass is 10.2. The van der Waals surface area contributed by atoms with E-state index in [-0.39, 0.29) is 6.04 Å². The Morgan fingerprint density at radius 2 is 2.14 bits per heavy atom. The van der Waals surface area contributed by atoms with Gasteiger partial charge in [0.25, 0.3) is 0 Å². The predicted molar refractivity (Wildman–Crippen MR) is 85.5 cm³/mol. The number of H-pyrrole nitrogens is 1. The van der Waals surface area contributed by atoms with Crippen LogP contribution in [0.1, 0.15) is 30.1 Å². The summed E-state index contributed by atoms with van der Waals surface area (Å²) in [7, 11) is -3.48. The van der Waals surface area contributed by atoms with Crippen LogP contribution in [0.2, 0.25) is 0 Å². The summed E-state index contributed by atoms with van der Waals surface area (Å²) >= 11 is 3.36.